The van der Waals surface area contributed by atoms with Gasteiger partial charge in [0.15, 0.2) is 0 Å². The second-order valence-electron chi connectivity index (χ2n) is 5.53. The number of nitrogens with zero attached hydrogens (tertiary/aromatic N) is 1. The average Bonchev–Trinajstić information content (AvgIpc) is 3.13. The SMILES string of the molecule is Cc1cc(C)c(OC(=O)Cc2csc(-c3ccsc3)n2)c(C)c1. The number of hydrogen-bond donors (Lipinski definition) is 0. The Bertz CT molecular complexity index is 812. The molecule has 5 heteroatoms. The van der Waals surface area contributed by atoms with Gasteiger partial charge < -0.3 is 4.74 Å². The van der Waals surface area contributed by atoms with Gasteiger partial charge in [-0.15, -0.1) is 11.3 Å². The zero-order valence-corrected chi connectivity index (χ0v) is 14.9. The van der Waals surface area contributed by atoms with E-state index in [4.69, 9.17) is 4.74 Å². The highest BCUT2D eigenvalue weighted by Gasteiger charge is 2.14. The molecule has 118 valence electrons. The van der Waals surface area contributed by atoms with Crippen molar-refractivity contribution in [2.45, 2.75) is 27.2 Å². The third-order valence-corrected chi connectivity index (χ3v) is 5.09. The lowest BCUT2D eigenvalue weighted by atomic mass is 10.1. The van der Waals surface area contributed by atoms with E-state index in [0.29, 0.717) is 5.75 Å². The normalized spacial score (nSPS) is 10.7. The lowest BCUT2D eigenvalue weighted by Crippen LogP contribution is -2.13. The molecule has 0 saturated carbocycles. The maximum atomic E-state index is 12.2. The van der Waals surface area contributed by atoms with Gasteiger partial charge in [0, 0.05) is 16.3 Å². The summed E-state index contributed by atoms with van der Waals surface area (Å²) >= 11 is 3.19. The molecule has 2 heterocycles. The van der Waals surface area contributed by atoms with Crippen molar-refractivity contribution < 1.29 is 9.53 Å². The summed E-state index contributed by atoms with van der Waals surface area (Å²) in [6, 6.07) is 6.07. The zero-order chi connectivity index (χ0) is 16.4. The summed E-state index contributed by atoms with van der Waals surface area (Å²) in [4.78, 5) is 16.7. The van der Waals surface area contributed by atoms with Gasteiger partial charge in [-0.05, 0) is 43.3 Å². The lowest BCUT2D eigenvalue weighted by Gasteiger charge is -2.11. The Morgan fingerprint density at radius 2 is 1.91 bits per heavy atom. The molecule has 0 aliphatic heterocycles. The number of ether oxygens (including phenoxy) is 1. The molecule has 0 unspecified atom stereocenters. The van der Waals surface area contributed by atoms with E-state index in [-0.39, 0.29) is 12.4 Å². The number of carbonyl (C=O) groups is 1. The molecular weight excluding hydrogens is 326 g/mol. The second kappa shape index (κ2) is 6.64. The molecule has 0 amide bonds. The first-order valence-corrected chi connectivity index (χ1v) is 9.10. The molecule has 23 heavy (non-hydrogen) atoms. The molecule has 0 bridgehead atoms. The Balaban J connectivity index is 1.71. The number of rotatable bonds is 4. The van der Waals surface area contributed by atoms with E-state index in [1.807, 2.05) is 49.7 Å². The summed E-state index contributed by atoms with van der Waals surface area (Å²) in [6.07, 6.45) is 0.188. The van der Waals surface area contributed by atoms with Gasteiger partial charge in [0.2, 0.25) is 0 Å². The molecule has 0 atom stereocenters. The van der Waals surface area contributed by atoms with E-state index in [1.54, 1.807) is 22.7 Å². The average molecular weight is 343 g/mol. The largest absolute Gasteiger partial charge is 0.426 e. The van der Waals surface area contributed by atoms with E-state index in [9.17, 15) is 4.79 Å². The van der Waals surface area contributed by atoms with Gasteiger partial charge in [0.05, 0.1) is 12.1 Å². The Hall–Kier alpha value is -1.98. The molecule has 0 saturated heterocycles. The van der Waals surface area contributed by atoms with Crippen LogP contribution < -0.4 is 4.74 Å². The number of hydrogen-bond acceptors (Lipinski definition) is 5. The topological polar surface area (TPSA) is 39.2 Å². The molecule has 3 aromatic rings. The van der Waals surface area contributed by atoms with Crippen molar-refractivity contribution in [2.75, 3.05) is 0 Å². The van der Waals surface area contributed by atoms with E-state index < -0.39 is 0 Å². The Kier molecular flexibility index (Phi) is 4.59. The van der Waals surface area contributed by atoms with Crippen molar-refractivity contribution in [1.82, 2.24) is 4.98 Å². The Morgan fingerprint density at radius 3 is 2.57 bits per heavy atom. The molecular formula is C18H17NO2S2. The molecule has 0 N–H and O–H groups in total. The highest BCUT2D eigenvalue weighted by molar-refractivity contribution is 7.14. The number of aryl methyl sites for hydroxylation is 3. The zero-order valence-electron chi connectivity index (χ0n) is 13.3. The van der Waals surface area contributed by atoms with Crippen molar-refractivity contribution in [2.24, 2.45) is 0 Å². The summed E-state index contributed by atoms with van der Waals surface area (Å²) in [6.45, 7) is 5.95. The monoisotopic (exact) mass is 343 g/mol. The molecule has 0 fully saturated rings. The molecule has 2 aromatic heterocycles. The van der Waals surface area contributed by atoms with Crippen LogP contribution in [0.15, 0.2) is 34.3 Å². The van der Waals surface area contributed by atoms with Crippen molar-refractivity contribution in [3.8, 4) is 16.3 Å². The van der Waals surface area contributed by atoms with Crippen LogP contribution in [0.4, 0.5) is 0 Å². The predicted molar refractivity (Wildman–Crippen MR) is 95.4 cm³/mol. The van der Waals surface area contributed by atoms with Gasteiger partial charge in [-0.1, -0.05) is 17.7 Å². The molecule has 0 spiro atoms. The summed E-state index contributed by atoms with van der Waals surface area (Å²) in [5.74, 6) is 0.385. The number of aromatic nitrogens is 1. The van der Waals surface area contributed by atoms with E-state index in [2.05, 4.69) is 10.4 Å². The minimum atomic E-state index is -0.276. The Labute approximate surface area is 143 Å². The number of thiophene rings is 1. The van der Waals surface area contributed by atoms with Gasteiger partial charge >= 0.3 is 5.97 Å². The Morgan fingerprint density at radius 1 is 1.17 bits per heavy atom. The highest BCUT2D eigenvalue weighted by atomic mass is 32.1. The fourth-order valence-electron chi connectivity index (χ4n) is 2.53. The smallest absolute Gasteiger partial charge is 0.317 e. The van der Waals surface area contributed by atoms with Crippen molar-refractivity contribution in [1.29, 1.82) is 0 Å². The highest BCUT2D eigenvalue weighted by Crippen LogP contribution is 2.27. The van der Waals surface area contributed by atoms with E-state index in [1.165, 1.54) is 5.56 Å². The number of esters is 1. The minimum absolute atomic E-state index is 0.188. The summed E-state index contributed by atoms with van der Waals surface area (Å²) in [7, 11) is 0. The van der Waals surface area contributed by atoms with Gasteiger partial charge in [0.25, 0.3) is 0 Å². The van der Waals surface area contributed by atoms with E-state index in [0.717, 1.165) is 27.4 Å². The summed E-state index contributed by atoms with van der Waals surface area (Å²) in [5.41, 5.74) is 4.98. The predicted octanol–water partition coefficient (Wildman–Crippen LogP) is 4.94. The molecule has 0 radical (unpaired) electrons. The molecule has 0 aliphatic rings. The quantitative estimate of drug-likeness (QED) is 0.497. The molecule has 3 rings (SSSR count). The van der Waals surface area contributed by atoms with Crippen LogP contribution in [-0.2, 0) is 11.2 Å². The van der Waals surface area contributed by atoms with Crippen LogP contribution in [0.3, 0.4) is 0 Å². The van der Waals surface area contributed by atoms with Crippen LogP contribution in [0.25, 0.3) is 10.6 Å². The van der Waals surface area contributed by atoms with Gasteiger partial charge in [-0.2, -0.15) is 11.3 Å². The van der Waals surface area contributed by atoms with Crippen LogP contribution in [0.1, 0.15) is 22.4 Å². The van der Waals surface area contributed by atoms with Gasteiger partial charge in [-0.3, -0.25) is 4.79 Å². The van der Waals surface area contributed by atoms with E-state index >= 15 is 0 Å². The maximum absolute atomic E-state index is 12.2. The van der Waals surface area contributed by atoms with Gasteiger partial charge in [-0.25, -0.2) is 4.98 Å². The number of benzene rings is 1. The maximum Gasteiger partial charge on any atom is 0.317 e. The van der Waals surface area contributed by atoms with Crippen LogP contribution in [-0.4, -0.2) is 11.0 Å². The van der Waals surface area contributed by atoms with Crippen LogP contribution in [0.2, 0.25) is 0 Å². The first-order valence-electron chi connectivity index (χ1n) is 7.28. The van der Waals surface area contributed by atoms with Gasteiger partial charge in [0.1, 0.15) is 10.8 Å². The standard InChI is InChI=1S/C18H17NO2S2/c1-11-6-12(2)17(13(3)7-11)21-16(20)8-15-10-23-18(19-15)14-4-5-22-9-14/h4-7,9-10H,8H2,1-3H3. The lowest BCUT2D eigenvalue weighted by molar-refractivity contribution is -0.133. The molecule has 1 aromatic carbocycles. The summed E-state index contributed by atoms with van der Waals surface area (Å²) in [5, 5.41) is 6.94. The number of carbonyl (C=O) groups excluding carboxylic acids is 1. The van der Waals surface area contributed by atoms with Crippen LogP contribution in [0, 0.1) is 20.8 Å². The van der Waals surface area contributed by atoms with Crippen molar-refractivity contribution >= 4 is 28.6 Å². The second-order valence-corrected chi connectivity index (χ2v) is 7.17. The van der Waals surface area contributed by atoms with Crippen molar-refractivity contribution in [3.05, 3.63) is 56.7 Å². The fraction of sp³-hybridized carbons (Fsp3) is 0.222. The number of thiazole rings is 1. The fourth-order valence-corrected chi connectivity index (χ4v) is 4.06. The third-order valence-electron chi connectivity index (χ3n) is 3.47. The van der Waals surface area contributed by atoms with Crippen molar-refractivity contribution in [3.63, 3.8) is 0 Å². The first-order chi connectivity index (χ1) is 11.0. The van der Waals surface area contributed by atoms with Crippen LogP contribution >= 0.6 is 22.7 Å². The van der Waals surface area contributed by atoms with Crippen LogP contribution in [0.5, 0.6) is 5.75 Å². The molecule has 0 aliphatic carbocycles. The summed E-state index contributed by atoms with van der Waals surface area (Å²) < 4.78 is 5.56. The minimum Gasteiger partial charge on any atom is -0.426 e. The third kappa shape index (κ3) is 3.68. The molecule has 3 nitrogen and oxygen atoms in total. The first kappa shape index (κ1) is 15.9.